The monoisotopic (exact) mass is 232 g/mol. The number of rotatable bonds is 4. The van der Waals surface area contributed by atoms with Gasteiger partial charge in [-0.05, 0) is 0 Å². The van der Waals surface area contributed by atoms with E-state index in [-0.39, 0.29) is 10.8 Å². The number of nitrogens with two attached hydrogens (primary N) is 1. The molecule has 0 aliphatic heterocycles. The van der Waals surface area contributed by atoms with Crippen LogP contribution in [-0.2, 0) is 10.0 Å². The lowest BCUT2D eigenvalue weighted by molar-refractivity contribution is 0.364. The molecular formula is C6H12N6O2S. The van der Waals surface area contributed by atoms with Crippen LogP contribution in [0.5, 0.6) is 0 Å². The van der Waals surface area contributed by atoms with Crippen molar-refractivity contribution in [1.29, 1.82) is 0 Å². The van der Waals surface area contributed by atoms with Gasteiger partial charge in [-0.1, -0.05) is 0 Å². The van der Waals surface area contributed by atoms with Crippen molar-refractivity contribution in [3.8, 4) is 0 Å². The Morgan fingerprint density at radius 3 is 2.27 bits per heavy atom. The summed E-state index contributed by atoms with van der Waals surface area (Å²) < 4.78 is 23.1. The number of hydrogen-bond acceptors (Lipinski definition) is 7. The summed E-state index contributed by atoms with van der Waals surface area (Å²) in [6, 6.07) is 0. The fourth-order valence-corrected chi connectivity index (χ4v) is 1.79. The van der Waals surface area contributed by atoms with Gasteiger partial charge >= 0.3 is 0 Å². The number of nitrogens with one attached hydrogen (secondary N) is 2. The minimum Gasteiger partial charge on any atom is -0.292 e. The Balaban J connectivity index is 2.96. The third-order valence-electron chi connectivity index (χ3n) is 1.37. The molecule has 0 bridgehead atoms. The van der Waals surface area contributed by atoms with E-state index >= 15 is 0 Å². The molecule has 1 rings (SSSR count). The van der Waals surface area contributed by atoms with Crippen LogP contribution in [0.1, 0.15) is 0 Å². The number of sulfonamides is 1. The first-order valence-electron chi connectivity index (χ1n) is 3.94. The molecule has 0 saturated carbocycles. The van der Waals surface area contributed by atoms with Gasteiger partial charge in [0.15, 0.2) is 0 Å². The Morgan fingerprint density at radius 2 is 1.87 bits per heavy atom. The van der Waals surface area contributed by atoms with E-state index in [1.807, 2.05) is 0 Å². The average Bonchev–Trinajstić information content (AvgIpc) is 2.16. The lowest BCUT2D eigenvalue weighted by Crippen LogP contribution is -2.36. The molecule has 84 valence electrons. The summed E-state index contributed by atoms with van der Waals surface area (Å²) in [5, 5.41) is 1.31. The maximum atomic E-state index is 11.6. The third-order valence-corrected chi connectivity index (χ3v) is 2.81. The molecular weight excluding hydrogens is 220 g/mol. The van der Waals surface area contributed by atoms with Crippen LogP contribution in [0.4, 0.5) is 5.95 Å². The van der Waals surface area contributed by atoms with E-state index in [4.69, 9.17) is 5.84 Å². The normalized spacial score (nSPS) is 11.7. The van der Waals surface area contributed by atoms with Gasteiger partial charge in [0.2, 0.25) is 5.95 Å². The summed E-state index contributed by atoms with van der Waals surface area (Å²) >= 11 is 0. The van der Waals surface area contributed by atoms with Gasteiger partial charge in [0.1, 0.15) is 4.90 Å². The smallest absolute Gasteiger partial charge is 0.256 e. The molecule has 0 saturated heterocycles. The summed E-state index contributed by atoms with van der Waals surface area (Å²) in [5.41, 5.74) is 2.20. The fraction of sp³-hybridized carbons (Fsp3) is 0.333. The zero-order chi connectivity index (χ0) is 11.5. The van der Waals surface area contributed by atoms with Crippen molar-refractivity contribution in [2.24, 2.45) is 5.84 Å². The molecule has 1 heterocycles. The van der Waals surface area contributed by atoms with Crippen molar-refractivity contribution in [2.45, 2.75) is 4.90 Å². The van der Waals surface area contributed by atoms with Crippen LogP contribution in [0, 0.1) is 0 Å². The molecule has 0 fully saturated rings. The van der Waals surface area contributed by atoms with E-state index < -0.39 is 10.0 Å². The SMILES string of the molecule is CN(C)NS(=O)(=O)c1cnc(NN)nc1. The van der Waals surface area contributed by atoms with E-state index in [1.54, 1.807) is 14.1 Å². The number of anilines is 1. The Bertz CT molecular complexity index is 414. The first-order chi connectivity index (χ1) is 6.95. The number of hydrogen-bond donors (Lipinski definition) is 3. The van der Waals surface area contributed by atoms with Gasteiger partial charge in [-0.15, -0.1) is 4.83 Å². The molecule has 15 heavy (non-hydrogen) atoms. The second-order valence-electron chi connectivity index (χ2n) is 2.88. The van der Waals surface area contributed by atoms with Gasteiger partial charge in [0.05, 0.1) is 12.4 Å². The highest BCUT2D eigenvalue weighted by molar-refractivity contribution is 7.89. The van der Waals surface area contributed by atoms with E-state index in [0.29, 0.717) is 0 Å². The summed E-state index contributed by atoms with van der Waals surface area (Å²) in [6.07, 6.45) is 2.32. The Morgan fingerprint density at radius 1 is 1.33 bits per heavy atom. The van der Waals surface area contributed by atoms with Gasteiger partial charge in [-0.2, -0.15) is 0 Å². The van der Waals surface area contributed by atoms with Crippen molar-refractivity contribution in [2.75, 3.05) is 19.5 Å². The minimum absolute atomic E-state index is 0.0322. The van der Waals surface area contributed by atoms with Gasteiger partial charge in [0.25, 0.3) is 10.0 Å². The lowest BCUT2D eigenvalue weighted by atomic mass is 10.7. The third kappa shape index (κ3) is 3.09. The second-order valence-corrected chi connectivity index (χ2v) is 4.54. The van der Waals surface area contributed by atoms with Gasteiger partial charge in [-0.25, -0.2) is 29.2 Å². The molecule has 4 N–H and O–H groups in total. The Labute approximate surface area is 87.5 Å². The summed E-state index contributed by atoms with van der Waals surface area (Å²) in [7, 11) is -0.475. The molecule has 0 aliphatic carbocycles. The highest BCUT2D eigenvalue weighted by Gasteiger charge is 2.15. The summed E-state index contributed by atoms with van der Waals surface area (Å²) in [6.45, 7) is 0. The van der Waals surface area contributed by atoms with Crippen molar-refractivity contribution in [3.63, 3.8) is 0 Å². The predicted molar refractivity (Wildman–Crippen MR) is 53.9 cm³/mol. The van der Waals surface area contributed by atoms with E-state index in [1.165, 1.54) is 5.01 Å². The van der Waals surface area contributed by atoms with Crippen molar-refractivity contribution < 1.29 is 8.42 Å². The molecule has 1 aromatic rings. The Kier molecular flexibility index (Phi) is 3.52. The van der Waals surface area contributed by atoms with Crippen molar-refractivity contribution >= 4 is 16.0 Å². The molecule has 0 amide bonds. The number of nitrogen functional groups attached to an aromatic ring is 1. The zero-order valence-corrected chi connectivity index (χ0v) is 9.11. The van der Waals surface area contributed by atoms with Crippen LogP contribution < -0.4 is 16.1 Å². The lowest BCUT2D eigenvalue weighted by Gasteiger charge is -2.11. The Hall–Kier alpha value is -1.29. The highest BCUT2D eigenvalue weighted by Crippen LogP contribution is 2.06. The molecule has 0 unspecified atom stereocenters. The quantitative estimate of drug-likeness (QED) is 0.428. The first-order valence-corrected chi connectivity index (χ1v) is 5.42. The summed E-state index contributed by atoms with van der Waals surface area (Å²) in [4.78, 5) is 9.59. The highest BCUT2D eigenvalue weighted by atomic mass is 32.2. The predicted octanol–water partition coefficient (Wildman–Crippen LogP) is -1.48. The standard InChI is InChI=1S/C6H12N6O2S/c1-12(2)11-15(13,14)5-3-8-6(10-7)9-4-5/h3-4,11H,7H2,1-2H3,(H,8,9,10). The maximum absolute atomic E-state index is 11.6. The maximum Gasteiger partial charge on any atom is 0.256 e. The van der Waals surface area contributed by atoms with Gasteiger partial charge in [-0.3, -0.25) is 5.43 Å². The van der Waals surface area contributed by atoms with E-state index in [0.717, 1.165) is 12.4 Å². The van der Waals surface area contributed by atoms with E-state index in [9.17, 15) is 8.42 Å². The molecule has 1 aromatic heterocycles. The van der Waals surface area contributed by atoms with Crippen LogP contribution >= 0.6 is 0 Å². The average molecular weight is 232 g/mol. The molecule has 0 aliphatic rings. The number of aromatic nitrogens is 2. The number of nitrogens with zero attached hydrogens (tertiary/aromatic N) is 3. The molecule has 0 aromatic carbocycles. The van der Waals surface area contributed by atoms with Crippen LogP contribution in [0.3, 0.4) is 0 Å². The minimum atomic E-state index is -3.60. The van der Waals surface area contributed by atoms with Crippen LogP contribution in [0.25, 0.3) is 0 Å². The van der Waals surface area contributed by atoms with Crippen LogP contribution in [0.2, 0.25) is 0 Å². The topological polar surface area (TPSA) is 113 Å². The van der Waals surface area contributed by atoms with Crippen LogP contribution in [-0.4, -0.2) is 37.5 Å². The second kappa shape index (κ2) is 4.49. The largest absolute Gasteiger partial charge is 0.292 e. The van der Waals surface area contributed by atoms with Gasteiger partial charge < -0.3 is 0 Å². The molecule has 0 spiro atoms. The molecule has 0 atom stereocenters. The van der Waals surface area contributed by atoms with Gasteiger partial charge in [0, 0.05) is 14.1 Å². The van der Waals surface area contributed by atoms with Crippen LogP contribution in [0.15, 0.2) is 17.3 Å². The fourth-order valence-electron chi connectivity index (χ4n) is 0.823. The molecule has 8 nitrogen and oxygen atoms in total. The molecule has 0 radical (unpaired) electrons. The van der Waals surface area contributed by atoms with E-state index in [2.05, 4.69) is 20.2 Å². The molecule has 9 heteroatoms. The van der Waals surface area contributed by atoms with Crippen molar-refractivity contribution in [3.05, 3.63) is 12.4 Å². The first kappa shape index (κ1) is 11.8. The van der Waals surface area contributed by atoms with Crippen molar-refractivity contribution in [1.82, 2.24) is 19.8 Å². The number of hydrazine groups is 2. The summed E-state index contributed by atoms with van der Waals surface area (Å²) in [5.74, 6) is 5.19. The zero-order valence-electron chi connectivity index (χ0n) is 8.30.